The minimum absolute atomic E-state index is 0.0174. The Bertz CT molecular complexity index is 1170. The molecule has 0 spiro atoms. The smallest absolute Gasteiger partial charge is 0.264 e. The first kappa shape index (κ1) is 22.0. The highest BCUT2D eigenvalue weighted by molar-refractivity contribution is 6.10. The molecule has 32 heavy (non-hydrogen) atoms. The minimum atomic E-state index is -1.87. The Morgan fingerprint density at radius 2 is 1.66 bits per heavy atom. The molecule has 164 valence electrons. The van der Waals surface area contributed by atoms with Crippen LogP contribution in [0.3, 0.4) is 0 Å². The number of anilines is 1. The van der Waals surface area contributed by atoms with Crippen LogP contribution in [-0.2, 0) is 22.4 Å². The quantitative estimate of drug-likeness (QED) is 0.562. The summed E-state index contributed by atoms with van der Waals surface area (Å²) in [5.41, 5.74) is 2.94. The number of carbonyl (C=O) groups is 2. The zero-order valence-corrected chi connectivity index (χ0v) is 19.1. The summed E-state index contributed by atoms with van der Waals surface area (Å²) in [6.45, 7) is 8.69. The van der Waals surface area contributed by atoms with E-state index >= 15 is 0 Å². The molecule has 1 heterocycles. The number of aryl methyl sites for hydroxylation is 1. The van der Waals surface area contributed by atoms with Gasteiger partial charge in [-0.25, -0.2) is 0 Å². The average molecular weight is 428 g/mol. The van der Waals surface area contributed by atoms with Gasteiger partial charge in [0, 0.05) is 11.1 Å². The highest BCUT2D eigenvalue weighted by atomic mass is 16.3. The Morgan fingerprint density at radius 1 is 0.969 bits per heavy atom. The molecule has 0 saturated carbocycles. The largest absolute Gasteiger partial charge is 0.375 e. The first-order chi connectivity index (χ1) is 15.1. The molecule has 0 radical (unpaired) electrons. The fraction of sp³-hybridized carbons (Fsp3) is 0.286. The summed E-state index contributed by atoms with van der Waals surface area (Å²) >= 11 is 0. The number of ketones is 1. The maximum atomic E-state index is 13.4. The Morgan fingerprint density at radius 3 is 2.31 bits per heavy atom. The highest BCUT2D eigenvalue weighted by Gasteiger charge is 2.50. The summed E-state index contributed by atoms with van der Waals surface area (Å²) in [5.74, 6) is -0.714. The Labute approximate surface area is 189 Å². The summed E-state index contributed by atoms with van der Waals surface area (Å²) in [7, 11) is 0. The van der Waals surface area contributed by atoms with E-state index in [1.54, 1.807) is 29.2 Å². The zero-order valence-electron chi connectivity index (χ0n) is 19.1. The van der Waals surface area contributed by atoms with E-state index in [0.29, 0.717) is 23.4 Å². The monoisotopic (exact) mass is 427 g/mol. The van der Waals surface area contributed by atoms with Crippen LogP contribution in [0.2, 0.25) is 0 Å². The van der Waals surface area contributed by atoms with Crippen molar-refractivity contribution in [1.29, 1.82) is 0 Å². The molecular weight excluding hydrogens is 398 g/mol. The van der Waals surface area contributed by atoms with E-state index in [0.717, 1.165) is 16.7 Å². The zero-order chi connectivity index (χ0) is 23.1. The normalized spacial score (nSPS) is 18.0. The maximum absolute atomic E-state index is 13.4. The van der Waals surface area contributed by atoms with Gasteiger partial charge in [0.25, 0.3) is 5.91 Å². The molecule has 0 aromatic heterocycles. The van der Waals surface area contributed by atoms with Crippen LogP contribution < -0.4 is 4.90 Å². The Kier molecular flexibility index (Phi) is 5.51. The van der Waals surface area contributed by atoms with Gasteiger partial charge in [-0.3, -0.25) is 9.59 Å². The molecule has 1 amide bonds. The van der Waals surface area contributed by atoms with Gasteiger partial charge in [-0.2, -0.15) is 0 Å². The van der Waals surface area contributed by atoms with E-state index in [2.05, 4.69) is 20.8 Å². The van der Waals surface area contributed by atoms with E-state index in [-0.39, 0.29) is 17.6 Å². The van der Waals surface area contributed by atoms with Gasteiger partial charge in [0.05, 0.1) is 18.7 Å². The van der Waals surface area contributed by atoms with Crippen molar-refractivity contribution in [3.05, 3.63) is 101 Å². The van der Waals surface area contributed by atoms with Crippen molar-refractivity contribution >= 4 is 17.4 Å². The molecule has 1 N–H and O–H groups in total. The second-order valence-corrected chi connectivity index (χ2v) is 9.69. The number of para-hydroxylation sites is 1. The summed E-state index contributed by atoms with van der Waals surface area (Å²) in [4.78, 5) is 28.1. The number of fused-ring (bicyclic) bond motifs is 1. The number of nitrogens with zero attached hydrogens (tertiary/aromatic N) is 1. The molecule has 0 aliphatic carbocycles. The number of benzene rings is 3. The molecule has 0 bridgehead atoms. The van der Waals surface area contributed by atoms with Crippen molar-refractivity contribution in [2.75, 3.05) is 4.90 Å². The molecule has 3 aromatic carbocycles. The first-order valence-corrected chi connectivity index (χ1v) is 10.9. The Hall–Kier alpha value is -3.24. The van der Waals surface area contributed by atoms with Crippen LogP contribution in [0.25, 0.3) is 0 Å². The average Bonchev–Trinajstić information content (AvgIpc) is 2.95. The lowest BCUT2D eigenvalue weighted by Gasteiger charge is -2.23. The van der Waals surface area contributed by atoms with E-state index in [4.69, 9.17) is 0 Å². The SMILES string of the molecule is Cc1cccc(CN2C(=O)C(O)(CC(=O)c3ccc(C(C)(C)C)cc3)c3ccccc32)c1. The van der Waals surface area contributed by atoms with Gasteiger partial charge in [0.15, 0.2) is 11.4 Å². The standard InChI is InChI=1S/C28H29NO3/c1-19-8-7-9-20(16-19)18-29-24-11-6-5-10-23(24)28(32,26(29)31)17-25(30)21-12-14-22(15-13-21)27(2,3)4/h5-16,32H,17-18H2,1-4H3. The highest BCUT2D eigenvalue weighted by Crippen LogP contribution is 2.43. The van der Waals surface area contributed by atoms with Crippen molar-refractivity contribution in [2.24, 2.45) is 0 Å². The minimum Gasteiger partial charge on any atom is -0.375 e. The summed E-state index contributed by atoms with van der Waals surface area (Å²) in [6.07, 6.45) is -0.290. The van der Waals surface area contributed by atoms with Gasteiger partial charge < -0.3 is 10.0 Å². The van der Waals surface area contributed by atoms with Crippen molar-refractivity contribution in [1.82, 2.24) is 0 Å². The van der Waals surface area contributed by atoms with Crippen LogP contribution >= 0.6 is 0 Å². The molecule has 1 unspecified atom stereocenters. The molecule has 4 rings (SSSR count). The fourth-order valence-electron chi connectivity index (χ4n) is 4.32. The number of amides is 1. The predicted molar refractivity (Wildman–Crippen MR) is 127 cm³/mol. The molecule has 4 heteroatoms. The lowest BCUT2D eigenvalue weighted by molar-refractivity contribution is -0.136. The molecule has 1 atom stereocenters. The third-order valence-corrected chi connectivity index (χ3v) is 6.15. The number of aliphatic hydroxyl groups is 1. The van der Waals surface area contributed by atoms with E-state index < -0.39 is 11.5 Å². The van der Waals surface area contributed by atoms with Gasteiger partial charge in [0.2, 0.25) is 0 Å². The van der Waals surface area contributed by atoms with Gasteiger partial charge in [-0.05, 0) is 29.5 Å². The van der Waals surface area contributed by atoms with Crippen LogP contribution in [0.15, 0.2) is 72.8 Å². The van der Waals surface area contributed by atoms with Gasteiger partial charge in [-0.15, -0.1) is 0 Å². The van der Waals surface area contributed by atoms with Gasteiger partial charge >= 0.3 is 0 Å². The third-order valence-electron chi connectivity index (χ3n) is 6.15. The predicted octanol–water partition coefficient (Wildman–Crippen LogP) is 5.30. The second kappa shape index (κ2) is 8.03. The Balaban J connectivity index is 1.63. The molecule has 0 saturated heterocycles. The molecule has 1 aliphatic rings. The van der Waals surface area contributed by atoms with E-state index in [1.807, 2.05) is 55.5 Å². The molecule has 0 fully saturated rings. The molecule has 3 aromatic rings. The number of hydrogen-bond acceptors (Lipinski definition) is 3. The van der Waals surface area contributed by atoms with Crippen LogP contribution in [0.1, 0.15) is 59.8 Å². The molecular formula is C28H29NO3. The van der Waals surface area contributed by atoms with Crippen molar-refractivity contribution in [3.63, 3.8) is 0 Å². The molecule has 1 aliphatic heterocycles. The topological polar surface area (TPSA) is 57.6 Å². The number of hydrogen-bond donors (Lipinski definition) is 1. The van der Waals surface area contributed by atoms with Crippen molar-refractivity contribution in [3.8, 4) is 0 Å². The first-order valence-electron chi connectivity index (χ1n) is 10.9. The number of rotatable bonds is 5. The fourth-order valence-corrected chi connectivity index (χ4v) is 4.32. The third kappa shape index (κ3) is 3.98. The van der Waals surface area contributed by atoms with Crippen LogP contribution in [0.4, 0.5) is 5.69 Å². The summed E-state index contributed by atoms with van der Waals surface area (Å²) < 4.78 is 0. The van der Waals surface area contributed by atoms with Crippen molar-refractivity contribution in [2.45, 2.75) is 51.7 Å². The van der Waals surface area contributed by atoms with Crippen molar-refractivity contribution < 1.29 is 14.7 Å². The van der Waals surface area contributed by atoms with E-state index in [9.17, 15) is 14.7 Å². The number of carbonyl (C=O) groups excluding carboxylic acids is 2. The van der Waals surface area contributed by atoms with Crippen LogP contribution in [0.5, 0.6) is 0 Å². The van der Waals surface area contributed by atoms with Gasteiger partial charge in [-0.1, -0.05) is 93.1 Å². The maximum Gasteiger partial charge on any atom is 0.264 e. The summed E-state index contributed by atoms with van der Waals surface area (Å²) in [5, 5.41) is 11.5. The van der Waals surface area contributed by atoms with Gasteiger partial charge in [0.1, 0.15) is 0 Å². The molecule has 4 nitrogen and oxygen atoms in total. The van der Waals surface area contributed by atoms with Crippen LogP contribution in [0, 0.1) is 6.92 Å². The lowest BCUT2D eigenvalue weighted by Crippen LogP contribution is -2.41. The summed E-state index contributed by atoms with van der Waals surface area (Å²) in [6, 6.07) is 22.6. The number of Topliss-reactive ketones (excluding diaryl/α,β-unsaturated/α-hetero) is 1. The lowest BCUT2D eigenvalue weighted by atomic mass is 9.85. The van der Waals surface area contributed by atoms with Crippen LogP contribution in [-0.4, -0.2) is 16.8 Å². The second-order valence-electron chi connectivity index (χ2n) is 9.69. The van der Waals surface area contributed by atoms with E-state index in [1.165, 1.54) is 0 Å².